The summed E-state index contributed by atoms with van der Waals surface area (Å²) in [6.07, 6.45) is 2.92. The van der Waals surface area contributed by atoms with E-state index in [0.717, 1.165) is 35.9 Å². The molecule has 24 heavy (non-hydrogen) atoms. The van der Waals surface area contributed by atoms with Crippen molar-refractivity contribution >= 4 is 53.3 Å². The van der Waals surface area contributed by atoms with Crippen LogP contribution in [0.1, 0.15) is 25.8 Å². The second kappa shape index (κ2) is 13.3. The molecule has 0 bridgehead atoms. The molecule has 1 aromatic rings. The van der Waals surface area contributed by atoms with E-state index in [4.69, 9.17) is 0 Å². The molecule has 1 atom stereocenters. The molecule has 7 heteroatoms. The van der Waals surface area contributed by atoms with Crippen molar-refractivity contribution in [2.24, 2.45) is 10.9 Å². The summed E-state index contributed by atoms with van der Waals surface area (Å²) in [4.78, 5) is 16.2. The zero-order valence-corrected chi connectivity index (χ0v) is 18.0. The Morgan fingerprint density at radius 2 is 2.08 bits per heavy atom. The number of carbonyl (C=O) groups excluding carboxylic acids is 1. The van der Waals surface area contributed by atoms with Crippen LogP contribution in [-0.4, -0.2) is 37.5 Å². The van der Waals surface area contributed by atoms with Gasteiger partial charge in [-0.1, -0.05) is 26.0 Å². The molecule has 1 unspecified atom stereocenters. The van der Waals surface area contributed by atoms with Gasteiger partial charge in [0.2, 0.25) is 5.91 Å². The number of rotatable bonds is 8. The fourth-order valence-corrected chi connectivity index (χ4v) is 2.19. The van der Waals surface area contributed by atoms with Gasteiger partial charge >= 0.3 is 0 Å². The third-order valence-electron chi connectivity index (χ3n) is 3.54. The number of anilines is 1. The maximum atomic E-state index is 12.0. The lowest BCUT2D eigenvalue weighted by Crippen LogP contribution is -2.37. The molecule has 1 amide bonds. The van der Waals surface area contributed by atoms with Crippen molar-refractivity contribution in [1.29, 1.82) is 0 Å². The number of benzene rings is 1. The van der Waals surface area contributed by atoms with Gasteiger partial charge in [0.1, 0.15) is 0 Å². The van der Waals surface area contributed by atoms with E-state index in [1.807, 2.05) is 38.1 Å². The molecule has 5 nitrogen and oxygen atoms in total. The summed E-state index contributed by atoms with van der Waals surface area (Å²) < 4.78 is 0. The van der Waals surface area contributed by atoms with E-state index in [9.17, 15) is 4.79 Å². The molecule has 0 aliphatic rings. The predicted octanol–water partition coefficient (Wildman–Crippen LogP) is 3.32. The second-order valence-corrected chi connectivity index (χ2v) is 6.33. The standard InChI is InChI=1S/C17H28N4OS.HI/c1-5-13(2)16(22)21-15-8-6-7-14(11-15)12-20-17(18-3)19-9-10-23-4;/h6-8,11,13H,5,9-10,12H2,1-4H3,(H,21,22)(H2,18,19,20);1H. The Balaban J connectivity index is 0.00000529. The number of halogens is 1. The maximum absolute atomic E-state index is 12.0. The van der Waals surface area contributed by atoms with Gasteiger partial charge in [-0.2, -0.15) is 11.8 Å². The highest BCUT2D eigenvalue weighted by Crippen LogP contribution is 2.13. The smallest absolute Gasteiger partial charge is 0.227 e. The van der Waals surface area contributed by atoms with E-state index < -0.39 is 0 Å². The Labute approximate surface area is 166 Å². The molecule has 1 aromatic carbocycles. The van der Waals surface area contributed by atoms with Gasteiger partial charge < -0.3 is 16.0 Å². The lowest BCUT2D eigenvalue weighted by atomic mass is 10.1. The van der Waals surface area contributed by atoms with Crippen LogP contribution in [0.5, 0.6) is 0 Å². The van der Waals surface area contributed by atoms with Crippen molar-refractivity contribution in [2.45, 2.75) is 26.8 Å². The highest BCUT2D eigenvalue weighted by atomic mass is 127. The molecule has 136 valence electrons. The Morgan fingerprint density at radius 3 is 2.71 bits per heavy atom. The van der Waals surface area contributed by atoms with E-state index in [1.54, 1.807) is 18.8 Å². The lowest BCUT2D eigenvalue weighted by molar-refractivity contribution is -0.119. The molecular formula is C17H29IN4OS. The first-order chi connectivity index (χ1) is 11.1. The van der Waals surface area contributed by atoms with E-state index in [1.165, 1.54) is 0 Å². The zero-order valence-electron chi connectivity index (χ0n) is 14.9. The van der Waals surface area contributed by atoms with Gasteiger partial charge in [-0.15, -0.1) is 24.0 Å². The fourth-order valence-electron chi connectivity index (χ4n) is 1.89. The number of guanidine groups is 1. The number of hydrogen-bond acceptors (Lipinski definition) is 3. The topological polar surface area (TPSA) is 65.5 Å². The largest absolute Gasteiger partial charge is 0.356 e. The Morgan fingerprint density at radius 1 is 1.33 bits per heavy atom. The fraction of sp³-hybridized carbons (Fsp3) is 0.529. The second-order valence-electron chi connectivity index (χ2n) is 5.34. The molecule has 0 spiro atoms. The number of amides is 1. The third kappa shape index (κ3) is 8.77. The summed E-state index contributed by atoms with van der Waals surface area (Å²) >= 11 is 1.79. The van der Waals surface area contributed by atoms with Gasteiger partial charge in [-0.05, 0) is 30.4 Å². The van der Waals surface area contributed by atoms with Crippen LogP contribution in [0.25, 0.3) is 0 Å². The van der Waals surface area contributed by atoms with Crippen LogP contribution in [0, 0.1) is 5.92 Å². The summed E-state index contributed by atoms with van der Waals surface area (Å²) in [5, 5.41) is 9.50. The molecule has 0 radical (unpaired) electrons. The molecule has 0 saturated heterocycles. The summed E-state index contributed by atoms with van der Waals surface area (Å²) in [5.74, 6) is 1.91. The van der Waals surface area contributed by atoms with Gasteiger partial charge in [0, 0.05) is 37.5 Å². The number of aliphatic imine (C=N–C) groups is 1. The van der Waals surface area contributed by atoms with Crippen LogP contribution in [0.15, 0.2) is 29.3 Å². The van der Waals surface area contributed by atoms with Crippen molar-refractivity contribution in [1.82, 2.24) is 10.6 Å². The third-order valence-corrected chi connectivity index (χ3v) is 4.15. The number of hydrogen-bond donors (Lipinski definition) is 3. The molecule has 1 rings (SSSR count). The summed E-state index contributed by atoms with van der Waals surface area (Å²) in [6.45, 7) is 5.49. The highest BCUT2D eigenvalue weighted by Gasteiger charge is 2.10. The Hall–Kier alpha value is -0.960. The molecule has 0 aliphatic carbocycles. The van der Waals surface area contributed by atoms with E-state index in [2.05, 4.69) is 27.2 Å². The van der Waals surface area contributed by atoms with Crippen LogP contribution in [0.4, 0.5) is 5.69 Å². The van der Waals surface area contributed by atoms with Crippen LogP contribution >= 0.6 is 35.7 Å². The van der Waals surface area contributed by atoms with Gasteiger partial charge in [-0.3, -0.25) is 9.79 Å². The first-order valence-electron chi connectivity index (χ1n) is 7.94. The minimum absolute atomic E-state index is 0. The quantitative estimate of drug-likeness (QED) is 0.239. The normalized spacial score (nSPS) is 12.1. The average Bonchev–Trinajstić information content (AvgIpc) is 2.57. The van der Waals surface area contributed by atoms with Crippen molar-refractivity contribution in [3.8, 4) is 0 Å². The van der Waals surface area contributed by atoms with E-state index >= 15 is 0 Å². The Kier molecular flexibility index (Phi) is 12.8. The van der Waals surface area contributed by atoms with Gasteiger partial charge in [-0.25, -0.2) is 0 Å². The van der Waals surface area contributed by atoms with Crippen molar-refractivity contribution in [2.75, 3.05) is 30.9 Å². The number of thioether (sulfide) groups is 1. The number of nitrogens with zero attached hydrogens (tertiary/aromatic N) is 1. The molecule has 0 aromatic heterocycles. The van der Waals surface area contributed by atoms with Crippen LogP contribution in [0.3, 0.4) is 0 Å². The molecule has 0 heterocycles. The average molecular weight is 464 g/mol. The monoisotopic (exact) mass is 464 g/mol. The highest BCUT2D eigenvalue weighted by molar-refractivity contribution is 14.0. The van der Waals surface area contributed by atoms with E-state index in [0.29, 0.717) is 6.54 Å². The summed E-state index contributed by atoms with van der Waals surface area (Å²) in [7, 11) is 1.76. The molecule has 3 N–H and O–H groups in total. The predicted molar refractivity (Wildman–Crippen MR) is 117 cm³/mol. The summed E-state index contributed by atoms with van der Waals surface area (Å²) in [6, 6.07) is 7.88. The lowest BCUT2D eigenvalue weighted by Gasteiger charge is -2.13. The molecule has 0 fully saturated rings. The SMILES string of the molecule is CCC(C)C(=O)Nc1cccc(CNC(=NC)NCCSC)c1.I. The van der Waals surface area contributed by atoms with Gasteiger partial charge in [0.15, 0.2) is 5.96 Å². The number of carbonyl (C=O) groups is 1. The van der Waals surface area contributed by atoms with E-state index in [-0.39, 0.29) is 35.8 Å². The Bertz CT molecular complexity index is 525. The van der Waals surface area contributed by atoms with Crippen LogP contribution < -0.4 is 16.0 Å². The minimum Gasteiger partial charge on any atom is -0.356 e. The van der Waals surface area contributed by atoms with Crippen LogP contribution in [0.2, 0.25) is 0 Å². The van der Waals surface area contributed by atoms with Gasteiger partial charge in [0.05, 0.1) is 0 Å². The van der Waals surface area contributed by atoms with Crippen molar-refractivity contribution in [3.05, 3.63) is 29.8 Å². The first kappa shape index (κ1) is 23.0. The minimum atomic E-state index is 0. The van der Waals surface area contributed by atoms with Crippen molar-refractivity contribution < 1.29 is 4.79 Å². The first-order valence-corrected chi connectivity index (χ1v) is 9.33. The molecule has 0 saturated carbocycles. The zero-order chi connectivity index (χ0) is 17.1. The molecule has 0 aliphatic heterocycles. The van der Waals surface area contributed by atoms with Crippen molar-refractivity contribution in [3.63, 3.8) is 0 Å². The maximum Gasteiger partial charge on any atom is 0.227 e. The van der Waals surface area contributed by atoms with Gasteiger partial charge in [0.25, 0.3) is 0 Å². The number of nitrogens with one attached hydrogen (secondary N) is 3. The summed E-state index contributed by atoms with van der Waals surface area (Å²) in [5.41, 5.74) is 1.93. The van der Waals surface area contributed by atoms with Crippen LogP contribution in [-0.2, 0) is 11.3 Å². The molecular weight excluding hydrogens is 435 g/mol.